The van der Waals surface area contributed by atoms with Crippen molar-refractivity contribution in [2.45, 2.75) is 32.0 Å². The van der Waals surface area contributed by atoms with E-state index in [1.165, 1.54) is 7.11 Å². The van der Waals surface area contributed by atoms with E-state index in [1.807, 2.05) is 0 Å². The zero-order chi connectivity index (χ0) is 10.9. The summed E-state index contributed by atoms with van der Waals surface area (Å²) >= 11 is 3.22. The van der Waals surface area contributed by atoms with E-state index in [0.717, 1.165) is 0 Å². The van der Waals surface area contributed by atoms with E-state index < -0.39 is 15.7 Å². The van der Waals surface area contributed by atoms with Crippen LogP contribution in [-0.4, -0.2) is 23.2 Å². The molecule has 0 aromatic heterocycles. The fourth-order valence-corrected chi connectivity index (χ4v) is 1.59. The predicted molar refractivity (Wildman–Crippen MR) is 53.8 cm³/mol. The molecule has 0 atom stereocenters. The lowest BCUT2D eigenvalue weighted by Crippen LogP contribution is -2.43. The Balaban J connectivity index is 4.85. The maximum Gasteiger partial charge on any atom is 0.318 e. The molecule has 0 rings (SSSR count). The molecule has 3 nitrogen and oxygen atoms in total. The first-order valence-corrected chi connectivity index (χ1v) is 4.75. The van der Waals surface area contributed by atoms with Crippen LogP contribution in [0.3, 0.4) is 0 Å². The first-order valence-electron chi connectivity index (χ1n) is 3.96. The first-order chi connectivity index (χ1) is 5.64. The second kappa shape index (κ2) is 3.78. The van der Waals surface area contributed by atoms with Crippen molar-refractivity contribution in [2.24, 2.45) is 5.41 Å². The number of halogens is 1. The molecule has 0 unspecified atom stereocenters. The van der Waals surface area contributed by atoms with Gasteiger partial charge in [0.2, 0.25) is 0 Å². The van der Waals surface area contributed by atoms with Crippen LogP contribution in [0.1, 0.15) is 27.7 Å². The number of esters is 1. The van der Waals surface area contributed by atoms with Crippen molar-refractivity contribution in [1.82, 2.24) is 0 Å². The first kappa shape index (κ1) is 12.6. The highest BCUT2D eigenvalue weighted by atomic mass is 79.9. The van der Waals surface area contributed by atoms with Crippen molar-refractivity contribution in [3.63, 3.8) is 0 Å². The number of methoxy groups -OCH3 is 1. The van der Waals surface area contributed by atoms with Gasteiger partial charge in [-0.05, 0) is 27.7 Å². The summed E-state index contributed by atoms with van der Waals surface area (Å²) in [4.78, 5) is 23.0. The fraction of sp³-hybridized carbons (Fsp3) is 0.778. The van der Waals surface area contributed by atoms with Gasteiger partial charge in [0.05, 0.1) is 11.4 Å². The van der Waals surface area contributed by atoms with Crippen LogP contribution in [0, 0.1) is 5.41 Å². The molecule has 0 spiro atoms. The molecule has 0 saturated heterocycles. The third-order valence-corrected chi connectivity index (χ3v) is 2.16. The van der Waals surface area contributed by atoms with Crippen LogP contribution >= 0.6 is 15.9 Å². The van der Waals surface area contributed by atoms with E-state index >= 15 is 0 Å². The molecular formula is C9H15BrO3. The molecule has 4 heteroatoms. The van der Waals surface area contributed by atoms with Crippen LogP contribution in [0.25, 0.3) is 0 Å². The topological polar surface area (TPSA) is 43.4 Å². The second-order valence-electron chi connectivity index (χ2n) is 3.92. The molecule has 0 aliphatic rings. The summed E-state index contributed by atoms with van der Waals surface area (Å²) < 4.78 is 3.85. The van der Waals surface area contributed by atoms with Gasteiger partial charge in [0.25, 0.3) is 0 Å². The van der Waals surface area contributed by atoms with Crippen molar-refractivity contribution in [3.05, 3.63) is 0 Å². The summed E-state index contributed by atoms with van der Waals surface area (Å²) in [5, 5.41) is 0. The molecule has 0 fully saturated rings. The molecule has 13 heavy (non-hydrogen) atoms. The average molecular weight is 251 g/mol. The highest BCUT2D eigenvalue weighted by Crippen LogP contribution is 2.30. The van der Waals surface area contributed by atoms with Gasteiger partial charge >= 0.3 is 5.97 Å². The summed E-state index contributed by atoms with van der Waals surface area (Å²) in [6, 6.07) is 0. The lowest BCUT2D eigenvalue weighted by Gasteiger charge is -2.26. The maximum atomic E-state index is 11.7. The lowest BCUT2D eigenvalue weighted by atomic mass is 9.82. The largest absolute Gasteiger partial charge is 0.468 e. The highest BCUT2D eigenvalue weighted by molar-refractivity contribution is 9.10. The summed E-state index contributed by atoms with van der Waals surface area (Å²) in [6.45, 7) is 6.54. The molecule has 0 amide bonds. The van der Waals surface area contributed by atoms with Gasteiger partial charge in [0.15, 0.2) is 5.78 Å². The zero-order valence-corrected chi connectivity index (χ0v) is 10.2. The summed E-state index contributed by atoms with van der Waals surface area (Å²) in [6.07, 6.45) is 0. The normalized spacial score (nSPS) is 12.5. The molecule has 0 aromatic rings. The number of rotatable bonds is 3. The van der Waals surface area contributed by atoms with E-state index in [-0.39, 0.29) is 5.78 Å². The Bertz CT molecular complexity index is 226. The minimum atomic E-state index is -1.10. The minimum absolute atomic E-state index is 0.188. The highest BCUT2D eigenvalue weighted by Gasteiger charge is 2.43. The number of hydrogen-bond donors (Lipinski definition) is 0. The minimum Gasteiger partial charge on any atom is -0.468 e. The van der Waals surface area contributed by atoms with Gasteiger partial charge in [-0.3, -0.25) is 9.59 Å². The van der Waals surface area contributed by atoms with Gasteiger partial charge < -0.3 is 4.74 Å². The number of ether oxygens (including phenoxy) is 1. The Kier molecular flexibility index (Phi) is 3.67. The van der Waals surface area contributed by atoms with Crippen molar-refractivity contribution in [2.75, 3.05) is 7.11 Å². The van der Waals surface area contributed by atoms with E-state index in [2.05, 4.69) is 20.7 Å². The summed E-state index contributed by atoms with van der Waals surface area (Å²) in [7, 11) is 1.28. The number of carbonyl (C=O) groups excluding carboxylic acids is 2. The molecular weight excluding hydrogens is 236 g/mol. The third-order valence-electron chi connectivity index (χ3n) is 1.80. The van der Waals surface area contributed by atoms with Crippen LogP contribution < -0.4 is 0 Å². The summed E-state index contributed by atoms with van der Waals surface area (Å²) in [5.74, 6) is -0.697. The smallest absolute Gasteiger partial charge is 0.318 e. The Morgan fingerprint density at radius 2 is 1.54 bits per heavy atom. The molecule has 0 aliphatic heterocycles. The molecule has 0 heterocycles. The van der Waals surface area contributed by atoms with Gasteiger partial charge in [-0.1, -0.05) is 15.9 Å². The molecule has 0 aliphatic carbocycles. The molecule has 0 aromatic carbocycles. The van der Waals surface area contributed by atoms with Gasteiger partial charge in [0, 0.05) is 0 Å². The van der Waals surface area contributed by atoms with Crippen LogP contribution in [-0.2, 0) is 14.3 Å². The van der Waals surface area contributed by atoms with Crippen molar-refractivity contribution in [1.29, 1.82) is 0 Å². The van der Waals surface area contributed by atoms with Crippen molar-refractivity contribution in [3.8, 4) is 0 Å². The summed E-state index contributed by atoms with van der Waals surface area (Å²) in [5.41, 5.74) is -1.10. The SMILES string of the molecule is COC(=O)C(C)(C)C(=O)C(C)(C)Br. The number of alkyl halides is 1. The molecule has 0 saturated carbocycles. The van der Waals surface area contributed by atoms with Crippen molar-refractivity contribution >= 4 is 27.7 Å². The Morgan fingerprint density at radius 3 is 1.77 bits per heavy atom. The van der Waals surface area contributed by atoms with Crippen LogP contribution in [0.4, 0.5) is 0 Å². The second-order valence-corrected chi connectivity index (χ2v) is 5.90. The van der Waals surface area contributed by atoms with Crippen LogP contribution in [0.5, 0.6) is 0 Å². The van der Waals surface area contributed by atoms with Gasteiger partial charge in [-0.2, -0.15) is 0 Å². The Labute approximate surface area is 87.0 Å². The predicted octanol–water partition coefficient (Wildman–Crippen LogP) is 1.93. The molecule has 0 bridgehead atoms. The molecule has 76 valence electrons. The average Bonchev–Trinajstić information content (AvgIpc) is 1.99. The van der Waals surface area contributed by atoms with Gasteiger partial charge in [-0.25, -0.2) is 0 Å². The lowest BCUT2D eigenvalue weighted by molar-refractivity contribution is -0.156. The van der Waals surface area contributed by atoms with E-state index in [0.29, 0.717) is 0 Å². The zero-order valence-electron chi connectivity index (χ0n) is 8.60. The van der Waals surface area contributed by atoms with Gasteiger partial charge in [0.1, 0.15) is 5.41 Å². The Hall–Kier alpha value is -0.380. The molecule has 0 N–H and O–H groups in total. The van der Waals surface area contributed by atoms with Gasteiger partial charge in [-0.15, -0.1) is 0 Å². The van der Waals surface area contributed by atoms with E-state index in [9.17, 15) is 9.59 Å². The third kappa shape index (κ3) is 2.79. The number of Topliss-reactive ketones (excluding diaryl/α,β-unsaturated/α-hetero) is 1. The molecule has 0 radical (unpaired) electrons. The van der Waals surface area contributed by atoms with Crippen LogP contribution in [0.15, 0.2) is 0 Å². The van der Waals surface area contributed by atoms with Crippen LogP contribution in [0.2, 0.25) is 0 Å². The Morgan fingerprint density at radius 1 is 1.15 bits per heavy atom. The maximum absolute atomic E-state index is 11.7. The van der Waals surface area contributed by atoms with E-state index in [1.54, 1.807) is 27.7 Å². The number of carbonyl (C=O) groups is 2. The number of hydrogen-bond acceptors (Lipinski definition) is 3. The fourth-order valence-electron chi connectivity index (χ4n) is 1.09. The van der Waals surface area contributed by atoms with E-state index in [4.69, 9.17) is 0 Å². The number of ketones is 1. The standard InChI is InChI=1S/C9H15BrO3/c1-8(2,7(12)13-5)6(11)9(3,4)10/h1-5H3. The quantitative estimate of drug-likeness (QED) is 0.437. The monoisotopic (exact) mass is 250 g/mol. The van der Waals surface area contributed by atoms with Crippen molar-refractivity contribution < 1.29 is 14.3 Å².